The fourth-order valence-electron chi connectivity index (χ4n) is 3.15. The van der Waals surface area contributed by atoms with E-state index in [1.165, 1.54) is 6.07 Å². The van der Waals surface area contributed by atoms with Crippen molar-refractivity contribution in [2.45, 2.75) is 25.1 Å². The van der Waals surface area contributed by atoms with Crippen molar-refractivity contribution in [3.05, 3.63) is 52.7 Å². The van der Waals surface area contributed by atoms with Gasteiger partial charge in [0.1, 0.15) is 16.5 Å². The zero-order valence-electron chi connectivity index (χ0n) is 18.0. The molecule has 1 saturated carbocycles. The Hall–Kier alpha value is -3.87. The third-order valence-electron chi connectivity index (χ3n) is 4.95. The van der Waals surface area contributed by atoms with Gasteiger partial charge in [0.15, 0.2) is 24.0 Å². The lowest BCUT2D eigenvalue weighted by Gasteiger charge is -2.16. The summed E-state index contributed by atoms with van der Waals surface area (Å²) in [5, 5.41) is 4.20. The number of rotatable bonds is 7. The molecule has 3 aromatic rings. The van der Waals surface area contributed by atoms with Crippen LogP contribution in [0.15, 0.2) is 30.5 Å². The van der Waals surface area contributed by atoms with Gasteiger partial charge in [-0.2, -0.15) is 13.2 Å². The lowest BCUT2D eigenvalue weighted by atomic mass is 10.1. The number of aromatic nitrogens is 1. The minimum Gasteiger partial charge on any atom is -0.483 e. The molecule has 14 heteroatoms. The van der Waals surface area contributed by atoms with Crippen molar-refractivity contribution < 1.29 is 41.0 Å². The van der Waals surface area contributed by atoms with E-state index < -0.39 is 58.4 Å². The molecule has 3 amide bonds. The highest BCUT2D eigenvalue weighted by Crippen LogP contribution is 2.39. The van der Waals surface area contributed by atoms with Gasteiger partial charge in [-0.3, -0.25) is 9.78 Å². The lowest BCUT2D eigenvalue weighted by Crippen LogP contribution is -2.30. The standard InChI is InChI=1S/C22H16ClF5N4O4/c23-17-14(32-21(34)31-9-1-2-9)6-12(24)19(18(17)25)36-15-3-4-30-13-7-16(35-8-22(26,27)28)11(20(29)33)5-10(13)15/h3-7,9H,1-2,8H2,(H2,29,33)(H2,31,32,34). The smallest absolute Gasteiger partial charge is 0.422 e. The van der Waals surface area contributed by atoms with E-state index in [4.69, 9.17) is 22.1 Å². The summed E-state index contributed by atoms with van der Waals surface area (Å²) in [6, 6.07) is 3.31. The molecule has 0 unspecified atom stereocenters. The lowest BCUT2D eigenvalue weighted by molar-refractivity contribution is -0.153. The van der Waals surface area contributed by atoms with E-state index in [2.05, 4.69) is 20.4 Å². The Labute approximate surface area is 204 Å². The highest BCUT2D eigenvalue weighted by molar-refractivity contribution is 6.34. The quantitative estimate of drug-likeness (QED) is 0.284. The highest BCUT2D eigenvalue weighted by atomic mass is 35.5. The van der Waals surface area contributed by atoms with E-state index in [-0.39, 0.29) is 28.4 Å². The maximum Gasteiger partial charge on any atom is 0.422 e. The molecule has 1 aromatic heterocycles. The molecule has 0 saturated heterocycles. The number of pyridine rings is 1. The van der Waals surface area contributed by atoms with Crippen molar-refractivity contribution in [1.29, 1.82) is 0 Å². The first-order valence-corrected chi connectivity index (χ1v) is 10.7. The van der Waals surface area contributed by atoms with Gasteiger partial charge in [-0.1, -0.05) is 11.6 Å². The second-order valence-corrected chi connectivity index (χ2v) is 8.16. The van der Waals surface area contributed by atoms with Crippen LogP contribution in [-0.4, -0.2) is 35.7 Å². The molecule has 8 nitrogen and oxygen atoms in total. The Morgan fingerprint density at radius 1 is 1.17 bits per heavy atom. The number of ether oxygens (including phenoxy) is 2. The Balaban J connectivity index is 1.68. The van der Waals surface area contributed by atoms with Gasteiger partial charge in [0, 0.05) is 29.8 Å². The topological polar surface area (TPSA) is 116 Å². The molecule has 1 aliphatic carbocycles. The second kappa shape index (κ2) is 9.64. The number of fused-ring (bicyclic) bond motifs is 1. The number of halogens is 6. The molecule has 2 aromatic carbocycles. The number of carbonyl (C=O) groups excluding carboxylic acids is 2. The fourth-order valence-corrected chi connectivity index (χ4v) is 3.34. The summed E-state index contributed by atoms with van der Waals surface area (Å²) in [6.07, 6.45) is -1.94. The Morgan fingerprint density at radius 3 is 2.53 bits per heavy atom. The molecule has 190 valence electrons. The van der Waals surface area contributed by atoms with Crippen LogP contribution in [0.4, 0.5) is 32.4 Å². The molecule has 0 bridgehead atoms. The molecule has 0 atom stereocenters. The maximum absolute atomic E-state index is 14.9. The number of hydrogen-bond acceptors (Lipinski definition) is 5. The monoisotopic (exact) mass is 530 g/mol. The van der Waals surface area contributed by atoms with Gasteiger partial charge < -0.3 is 25.8 Å². The van der Waals surface area contributed by atoms with E-state index in [1.54, 1.807) is 0 Å². The Bertz CT molecular complexity index is 1360. The molecule has 0 aliphatic heterocycles. The number of hydrogen-bond donors (Lipinski definition) is 3. The van der Waals surface area contributed by atoms with Gasteiger partial charge in [0.2, 0.25) is 0 Å². The molecule has 1 fully saturated rings. The van der Waals surface area contributed by atoms with E-state index in [1.807, 2.05) is 0 Å². The van der Waals surface area contributed by atoms with Crippen LogP contribution >= 0.6 is 11.6 Å². The zero-order valence-corrected chi connectivity index (χ0v) is 18.8. The van der Waals surface area contributed by atoms with Crippen LogP contribution < -0.4 is 25.8 Å². The second-order valence-electron chi connectivity index (χ2n) is 7.78. The summed E-state index contributed by atoms with van der Waals surface area (Å²) in [5.74, 6) is -5.31. The zero-order chi connectivity index (χ0) is 26.2. The highest BCUT2D eigenvalue weighted by Gasteiger charge is 2.30. The number of primary amides is 1. The van der Waals surface area contributed by atoms with Gasteiger partial charge in [-0.05, 0) is 25.0 Å². The molecule has 36 heavy (non-hydrogen) atoms. The molecule has 4 N–H and O–H groups in total. The SMILES string of the molecule is NC(=O)c1cc2c(Oc3c(F)cc(NC(=O)NC4CC4)c(Cl)c3F)ccnc2cc1OCC(F)(F)F. The molecular formula is C22H16ClF5N4O4. The van der Waals surface area contributed by atoms with Gasteiger partial charge >= 0.3 is 12.2 Å². The number of benzene rings is 2. The van der Waals surface area contributed by atoms with Crippen LogP contribution in [0.2, 0.25) is 5.02 Å². The number of nitrogens with zero attached hydrogens (tertiary/aromatic N) is 1. The average Bonchev–Trinajstić information content (AvgIpc) is 3.61. The number of urea groups is 1. The number of amides is 3. The van der Waals surface area contributed by atoms with Crippen LogP contribution in [0, 0.1) is 11.6 Å². The molecule has 1 heterocycles. The molecular weight excluding hydrogens is 515 g/mol. The van der Waals surface area contributed by atoms with Crippen LogP contribution in [0.25, 0.3) is 10.9 Å². The number of alkyl halides is 3. The summed E-state index contributed by atoms with van der Waals surface area (Å²) in [5.41, 5.74) is 4.48. The predicted molar refractivity (Wildman–Crippen MR) is 118 cm³/mol. The van der Waals surface area contributed by atoms with Crippen LogP contribution in [0.1, 0.15) is 23.2 Å². The van der Waals surface area contributed by atoms with Crippen molar-refractivity contribution >= 4 is 40.1 Å². The van der Waals surface area contributed by atoms with E-state index in [0.29, 0.717) is 0 Å². The number of carbonyl (C=O) groups is 2. The minimum atomic E-state index is -4.68. The normalized spacial score (nSPS) is 13.4. The van der Waals surface area contributed by atoms with Gasteiger partial charge in [-0.15, -0.1) is 0 Å². The van der Waals surface area contributed by atoms with Crippen molar-refractivity contribution in [3.8, 4) is 17.2 Å². The van der Waals surface area contributed by atoms with Crippen molar-refractivity contribution in [2.24, 2.45) is 5.73 Å². The largest absolute Gasteiger partial charge is 0.483 e. The van der Waals surface area contributed by atoms with Gasteiger partial charge in [-0.25, -0.2) is 13.6 Å². The van der Waals surface area contributed by atoms with Gasteiger partial charge in [0.25, 0.3) is 5.91 Å². The van der Waals surface area contributed by atoms with Crippen LogP contribution in [-0.2, 0) is 0 Å². The summed E-state index contributed by atoms with van der Waals surface area (Å²) < 4.78 is 77.5. The van der Waals surface area contributed by atoms with Crippen LogP contribution in [0.5, 0.6) is 17.2 Å². The first-order valence-electron chi connectivity index (χ1n) is 10.3. The average molecular weight is 531 g/mol. The summed E-state index contributed by atoms with van der Waals surface area (Å²) in [4.78, 5) is 27.7. The summed E-state index contributed by atoms with van der Waals surface area (Å²) >= 11 is 5.96. The van der Waals surface area contributed by atoms with Crippen molar-refractivity contribution in [3.63, 3.8) is 0 Å². The molecule has 0 radical (unpaired) electrons. The van der Waals surface area contributed by atoms with Gasteiger partial charge in [0.05, 0.1) is 16.8 Å². The van der Waals surface area contributed by atoms with Crippen molar-refractivity contribution in [2.75, 3.05) is 11.9 Å². The Morgan fingerprint density at radius 2 is 1.89 bits per heavy atom. The molecule has 4 rings (SSSR count). The number of anilines is 1. The predicted octanol–water partition coefficient (Wildman–Crippen LogP) is 5.28. The van der Waals surface area contributed by atoms with E-state index >= 15 is 0 Å². The first kappa shape index (κ1) is 25.2. The fraction of sp³-hybridized carbons (Fsp3) is 0.227. The third-order valence-corrected chi connectivity index (χ3v) is 5.32. The first-order chi connectivity index (χ1) is 16.9. The van der Waals surface area contributed by atoms with Crippen LogP contribution in [0.3, 0.4) is 0 Å². The number of nitrogens with one attached hydrogen (secondary N) is 2. The molecule has 1 aliphatic rings. The third kappa shape index (κ3) is 5.67. The number of nitrogens with two attached hydrogens (primary N) is 1. The van der Waals surface area contributed by atoms with E-state index in [9.17, 15) is 31.5 Å². The van der Waals surface area contributed by atoms with Crippen molar-refractivity contribution in [1.82, 2.24) is 10.3 Å². The molecule has 0 spiro atoms. The summed E-state index contributed by atoms with van der Waals surface area (Å²) in [6.45, 7) is -1.69. The summed E-state index contributed by atoms with van der Waals surface area (Å²) in [7, 11) is 0. The van der Waals surface area contributed by atoms with E-state index in [0.717, 1.165) is 37.2 Å². The maximum atomic E-state index is 14.9. The minimum absolute atomic E-state index is 0.00778. The Kier molecular flexibility index (Phi) is 6.76.